The maximum Gasteiger partial charge on any atom is 0.125 e. The van der Waals surface area contributed by atoms with Crippen LogP contribution in [0.3, 0.4) is 0 Å². The molecule has 1 aromatic heterocycles. The van der Waals surface area contributed by atoms with Gasteiger partial charge in [-0.05, 0) is 43.7 Å². The van der Waals surface area contributed by atoms with Gasteiger partial charge in [0.15, 0.2) is 0 Å². The highest BCUT2D eigenvalue weighted by Gasteiger charge is 2.21. The number of ether oxygens (including phenoxy) is 1. The normalized spacial score (nSPS) is 14.9. The Balaban J connectivity index is 1.90. The third-order valence-electron chi connectivity index (χ3n) is 3.58. The second kappa shape index (κ2) is 5.72. The molecule has 2 heterocycles. The van der Waals surface area contributed by atoms with E-state index in [-0.39, 0.29) is 6.04 Å². The van der Waals surface area contributed by atoms with Gasteiger partial charge in [-0.2, -0.15) is 0 Å². The third kappa shape index (κ3) is 2.68. The van der Waals surface area contributed by atoms with Gasteiger partial charge in [-0.25, -0.2) is 4.98 Å². The largest absolute Gasteiger partial charge is 0.493 e. The van der Waals surface area contributed by atoms with Gasteiger partial charge in [0.25, 0.3) is 0 Å². The molecule has 0 saturated heterocycles. The molecule has 1 aromatic carbocycles. The van der Waals surface area contributed by atoms with E-state index in [1.54, 1.807) is 11.3 Å². The molecule has 1 aliphatic rings. The van der Waals surface area contributed by atoms with Crippen LogP contribution in [0.1, 0.15) is 27.1 Å². The highest BCUT2D eigenvalue weighted by atomic mass is 35.5. The first kappa shape index (κ1) is 13.9. The molecule has 0 spiro atoms. The second-order valence-corrected chi connectivity index (χ2v) is 6.68. The summed E-state index contributed by atoms with van der Waals surface area (Å²) in [7, 11) is 1.98. The fourth-order valence-electron chi connectivity index (χ4n) is 2.60. The van der Waals surface area contributed by atoms with Crippen LogP contribution < -0.4 is 10.1 Å². The van der Waals surface area contributed by atoms with E-state index in [0.717, 1.165) is 35.2 Å². The molecule has 2 aromatic rings. The van der Waals surface area contributed by atoms with Gasteiger partial charge in [-0.1, -0.05) is 11.6 Å². The summed E-state index contributed by atoms with van der Waals surface area (Å²) in [4.78, 5) is 5.59. The van der Waals surface area contributed by atoms with Crippen molar-refractivity contribution in [3.05, 3.63) is 44.4 Å². The molecule has 3 nitrogen and oxygen atoms in total. The highest BCUT2D eigenvalue weighted by molar-refractivity contribution is 7.11. The summed E-state index contributed by atoms with van der Waals surface area (Å²) in [5.74, 6) is 1.02. The number of nitrogens with zero attached hydrogens (tertiary/aromatic N) is 1. The molecule has 3 rings (SSSR count). The Hall–Kier alpha value is -1.10. The van der Waals surface area contributed by atoms with Crippen LogP contribution in [0.4, 0.5) is 0 Å². The average molecular weight is 309 g/mol. The van der Waals surface area contributed by atoms with Crippen LogP contribution >= 0.6 is 22.9 Å². The van der Waals surface area contributed by atoms with Gasteiger partial charge >= 0.3 is 0 Å². The zero-order chi connectivity index (χ0) is 14.1. The van der Waals surface area contributed by atoms with Gasteiger partial charge in [0, 0.05) is 28.6 Å². The van der Waals surface area contributed by atoms with E-state index in [1.165, 1.54) is 16.0 Å². The molecule has 1 aliphatic heterocycles. The SMILES string of the molecule is CNC(Cc1cc(Cl)cc2c1OCC2)c1cnc(C)s1. The van der Waals surface area contributed by atoms with Crippen LogP contribution in [0, 0.1) is 6.92 Å². The van der Waals surface area contributed by atoms with Crippen LogP contribution in [0.25, 0.3) is 0 Å². The van der Waals surface area contributed by atoms with Crippen molar-refractivity contribution in [2.45, 2.75) is 25.8 Å². The lowest BCUT2D eigenvalue weighted by molar-refractivity contribution is 0.352. The molecule has 1 unspecified atom stereocenters. The molecule has 0 fully saturated rings. The minimum Gasteiger partial charge on any atom is -0.493 e. The summed E-state index contributed by atoms with van der Waals surface area (Å²) in [5, 5.41) is 5.24. The topological polar surface area (TPSA) is 34.1 Å². The molecule has 5 heteroatoms. The lowest BCUT2D eigenvalue weighted by atomic mass is 10.0. The fourth-order valence-corrected chi connectivity index (χ4v) is 3.76. The Morgan fingerprint density at radius 3 is 3.05 bits per heavy atom. The van der Waals surface area contributed by atoms with E-state index in [9.17, 15) is 0 Å². The number of hydrogen-bond acceptors (Lipinski definition) is 4. The molecule has 0 radical (unpaired) electrons. The first-order valence-electron chi connectivity index (χ1n) is 6.71. The number of nitrogens with one attached hydrogen (secondary N) is 1. The van der Waals surface area contributed by atoms with Gasteiger partial charge in [-0.3, -0.25) is 0 Å². The number of rotatable bonds is 4. The van der Waals surface area contributed by atoms with E-state index in [1.807, 2.05) is 32.3 Å². The first-order chi connectivity index (χ1) is 9.67. The van der Waals surface area contributed by atoms with Crippen LogP contribution in [0.5, 0.6) is 5.75 Å². The van der Waals surface area contributed by atoms with Gasteiger partial charge in [0.05, 0.1) is 11.6 Å². The molecule has 0 amide bonds. The van der Waals surface area contributed by atoms with Crippen molar-refractivity contribution in [2.24, 2.45) is 0 Å². The molecule has 0 saturated carbocycles. The monoisotopic (exact) mass is 308 g/mol. The average Bonchev–Trinajstić information content (AvgIpc) is 3.04. The first-order valence-corrected chi connectivity index (χ1v) is 7.90. The van der Waals surface area contributed by atoms with Crippen molar-refractivity contribution >= 4 is 22.9 Å². The second-order valence-electron chi connectivity index (χ2n) is 4.98. The summed E-state index contributed by atoms with van der Waals surface area (Å²) < 4.78 is 5.77. The summed E-state index contributed by atoms with van der Waals surface area (Å²) in [6.45, 7) is 2.79. The van der Waals surface area contributed by atoms with Gasteiger partial charge < -0.3 is 10.1 Å². The van der Waals surface area contributed by atoms with Crippen LogP contribution in [0.15, 0.2) is 18.3 Å². The van der Waals surface area contributed by atoms with E-state index < -0.39 is 0 Å². The summed E-state index contributed by atoms with van der Waals surface area (Å²) in [6.07, 6.45) is 3.76. The van der Waals surface area contributed by atoms with Crippen molar-refractivity contribution in [3.63, 3.8) is 0 Å². The molecule has 0 aliphatic carbocycles. The van der Waals surface area contributed by atoms with Gasteiger partial charge in [-0.15, -0.1) is 11.3 Å². The molecule has 106 valence electrons. The Morgan fingerprint density at radius 2 is 2.35 bits per heavy atom. The minimum absolute atomic E-state index is 0.243. The van der Waals surface area contributed by atoms with Crippen molar-refractivity contribution in [1.82, 2.24) is 10.3 Å². The maximum absolute atomic E-state index is 6.22. The predicted octanol–water partition coefficient (Wildman–Crippen LogP) is 3.54. The number of halogens is 1. The molecular formula is C15H17ClN2OS. The number of fused-ring (bicyclic) bond motifs is 1. The standard InChI is InChI=1S/C15H17ClN2OS/c1-9-18-8-14(20-9)13(17-2)7-11-6-12(16)5-10-3-4-19-15(10)11/h5-6,8,13,17H,3-4,7H2,1-2H3. The number of hydrogen-bond donors (Lipinski definition) is 1. The van der Waals surface area contributed by atoms with Crippen molar-refractivity contribution in [2.75, 3.05) is 13.7 Å². The van der Waals surface area contributed by atoms with Crippen molar-refractivity contribution in [1.29, 1.82) is 0 Å². The van der Waals surface area contributed by atoms with E-state index in [0.29, 0.717) is 0 Å². The molecular weight excluding hydrogens is 292 g/mol. The van der Waals surface area contributed by atoms with E-state index in [2.05, 4.69) is 10.3 Å². The minimum atomic E-state index is 0.243. The number of aromatic nitrogens is 1. The maximum atomic E-state index is 6.22. The smallest absolute Gasteiger partial charge is 0.125 e. The Bertz CT molecular complexity index is 626. The predicted molar refractivity (Wildman–Crippen MR) is 83.0 cm³/mol. The van der Waals surface area contributed by atoms with E-state index in [4.69, 9.17) is 16.3 Å². The van der Waals surface area contributed by atoms with E-state index >= 15 is 0 Å². The summed E-state index contributed by atoms with van der Waals surface area (Å²) in [6, 6.07) is 4.27. The Kier molecular flexibility index (Phi) is 3.96. The lowest BCUT2D eigenvalue weighted by Crippen LogP contribution is -2.18. The zero-order valence-corrected chi connectivity index (χ0v) is 13.1. The summed E-state index contributed by atoms with van der Waals surface area (Å²) >= 11 is 7.95. The van der Waals surface area contributed by atoms with Gasteiger partial charge in [0.2, 0.25) is 0 Å². The quantitative estimate of drug-likeness (QED) is 0.938. The lowest BCUT2D eigenvalue weighted by Gasteiger charge is -2.16. The molecule has 20 heavy (non-hydrogen) atoms. The molecule has 1 atom stereocenters. The molecule has 1 N–H and O–H groups in total. The van der Waals surface area contributed by atoms with Gasteiger partial charge in [0.1, 0.15) is 5.75 Å². The highest BCUT2D eigenvalue weighted by Crippen LogP contribution is 2.35. The van der Waals surface area contributed by atoms with Crippen molar-refractivity contribution < 1.29 is 4.74 Å². The number of likely N-dealkylation sites (N-methyl/N-ethyl adjacent to an activating group) is 1. The summed E-state index contributed by atoms with van der Waals surface area (Å²) in [5.41, 5.74) is 2.40. The van der Waals surface area contributed by atoms with Crippen LogP contribution in [-0.2, 0) is 12.8 Å². The van der Waals surface area contributed by atoms with Crippen LogP contribution in [0.2, 0.25) is 5.02 Å². The third-order valence-corrected chi connectivity index (χ3v) is 4.83. The van der Waals surface area contributed by atoms with Crippen LogP contribution in [-0.4, -0.2) is 18.6 Å². The molecule has 0 bridgehead atoms. The zero-order valence-electron chi connectivity index (χ0n) is 11.6. The Morgan fingerprint density at radius 1 is 1.50 bits per heavy atom. The number of benzene rings is 1. The Labute approximate surface area is 127 Å². The number of aryl methyl sites for hydroxylation is 1. The van der Waals surface area contributed by atoms with Crippen molar-refractivity contribution in [3.8, 4) is 5.75 Å². The number of thiazole rings is 1. The fraction of sp³-hybridized carbons (Fsp3) is 0.400.